The van der Waals surface area contributed by atoms with E-state index in [-0.39, 0.29) is 48.8 Å². The number of carbonyl (C=O) groups excluding carboxylic acids is 3. The summed E-state index contributed by atoms with van der Waals surface area (Å²) in [6.45, 7) is 1.73. The normalized spacial score (nSPS) is 20.3. The summed E-state index contributed by atoms with van der Waals surface area (Å²) in [6.07, 6.45) is 12.3. The van der Waals surface area contributed by atoms with Gasteiger partial charge in [-0.15, -0.1) is 0 Å². The Bertz CT molecular complexity index is 985. The van der Waals surface area contributed by atoms with Gasteiger partial charge in [0.1, 0.15) is 18.1 Å². The molecule has 0 bridgehead atoms. The molecule has 2 rings (SSSR count). The standard InChI is InChI=1S/C31H48N2O9/c1-2-3-4-5-8-13-24(34)17-18-27-26(28(35)20-29(27)36)15-9-6-7-10-16-30(37)32-21-31(38)42-25-14-11-12-23(19-25)22-41-33(39)40/h6,9,11-12,14,19,26-29,35-36,39-40H,2-5,7-8,10,13,15-18,20-22H2,1H3,(H,32,37)/b9-6-/t26-,27-,28+,29-/m1/s1. The van der Waals surface area contributed by atoms with E-state index in [1.165, 1.54) is 18.9 Å². The Morgan fingerprint density at radius 3 is 2.50 bits per heavy atom. The number of benzene rings is 1. The fourth-order valence-electron chi connectivity index (χ4n) is 5.29. The van der Waals surface area contributed by atoms with E-state index >= 15 is 0 Å². The molecule has 11 nitrogen and oxygen atoms in total. The molecular weight excluding hydrogens is 544 g/mol. The van der Waals surface area contributed by atoms with E-state index in [0.717, 1.165) is 19.3 Å². The summed E-state index contributed by atoms with van der Waals surface area (Å²) >= 11 is 0. The quantitative estimate of drug-likeness (QED) is 0.0454. The van der Waals surface area contributed by atoms with E-state index in [2.05, 4.69) is 17.1 Å². The molecule has 0 unspecified atom stereocenters. The van der Waals surface area contributed by atoms with Crippen LogP contribution in [-0.2, 0) is 25.8 Å². The minimum absolute atomic E-state index is 0.0878. The maximum absolute atomic E-state index is 12.3. The lowest BCUT2D eigenvalue weighted by Gasteiger charge is -2.22. The van der Waals surface area contributed by atoms with Crippen molar-refractivity contribution in [3.8, 4) is 5.75 Å². The number of aliphatic hydroxyl groups is 2. The van der Waals surface area contributed by atoms with Crippen molar-refractivity contribution in [3.63, 3.8) is 0 Å². The van der Waals surface area contributed by atoms with Crippen LogP contribution in [0.4, 0.5) is 0 Å². The van der Waals surface area contributed by atoms with Crippen molar-refractivity contribution in [2.75, 3.05) is 6.54 Å². The molecule has 0 aliphatic heterocycles. The molecule has 42 heavy (non-hydrogen) atoms. The van der Waals surface area contributed by atoms with Crippen molar-refractivity contribution in [1.29, 1.82) is 0 Å². The molecule has 11 heteroatoms. The monoisotopic (exact) mass is 592 g/mol. The Morgan fingerprint density at radius 2 is 1.74 bits per heavy atom. The zero-order valence-electron chi connectivity index (χ0n) is 24.7. The van der Waals surface area contributed by atoms with Gasteiger partial charge in [-0.2, -0.15) is 0 Å². The van der Waals surface area contributed by atoms with Crippen LogP contribution >= 0.6 is 0 Å². The number of carbonyl (C=O) groups is 3. The number of allylic oxidation sites excluding steroid dienone is 2. The number of Topliss-reactive ketones (excluding diaryl/α,β-unsaturated/α-hetero) is 1. The lowest BCUT2D eigenvalue weighted by atomic mass is 9.86. The van der Waals surface area contributed by atoms with Gasteiger partial charge in [-0.3, -0.25) is 20.0 Å². The maximum atomic E-state index is 12.3. The first-order valence-electron chi connectivity index (χ1n) is 15.1. The summed E-state index contributed by atoms with van der Waals surface area (Å²) in [5.41, 5.74) is 0.540. The van der Waals surface area contributed by atoms with E-state index in [9.17, 15) is 24.6 Å². The fourth-order valence-corrected chi connectivity index (χ4v) is 5.29. The average molecular weight is 593 g/mol. The van der Waals surface area contributed by atoms with Gasteiger partial charge in [-0.05, 0) is 68.1 Å². The van der Waals surface area contributed by atoms with Crippen LogP contribution in [0.5, 0.6) is 5.75 Å². The molecule has 1 amide bonds. The van der Waals surface area contributed by atoms with Crippen LogP contribution in [0.25, 0.3) is 0 Å². The molecule has 1 saturated carbocycles. The van der Waals surface area contributed by atoms with E-state index in [1.807, 2.05) is 12.2 Å². The van der Waals surface area contributed by atoms with Crippen molar-refractivity contribution >= 4 is 17.7 Å². The van der Waals surface area contributed by atoms with Gasteiger partial charge in [0.25, 0.3) is 0 Å². The van der Waals surface area contributed by atoms with Crippen molar-refractivity contribution in [1.82, 2.24) is 10.7 Å². The Hall–Kier alpha value is -2.67. The van der Waals surface area contributed by atoms with Gasteiger partial charge in [0.05, 0.1) is 24.2 Å². The van der Waals surface area contributed by atoms with Crippen molar-refractivity contribution in [2.24, 2.45) is 11.8 Å². The highest BCUT2D eigenvalue weighted by Gasteiger charge is 2.40. The van der Waals surface area contributed by atoms with Gasteiger partial charge < -0.3 is 20.3 Å². The number of aliphatic hydroxyl groups excluding tert-OH is 2. The lowest BCUT2D eigenvalue weighted by Crippen LogP contribution is -2.31. The number of unbranched alkanes of at least 4 members (excludes halogenated alkanes) is 5. The van der Waals surface area contributed by atoms with Gasteiger partial charge in [0, 0.05) is 19.3 Å². The summed E-state index contributed by atoms with van der Waals surface area (Å²) in [7, 11) is 0. The Kier molecular flexibility index (Phi) is 17.1. The third-order valence-electron chi connectivity index (χ3n) is 7.59. The molecule has 1 aliphatic rings. The van der Waals surface area contributed by atoms with E-state index in [1.54, 1.807) is 18.2 Å². The molecule has 0 heterocycles. The van der Waals surface area contributed by atoms with E-state index in [0.29, 0.717) is 50.5 Å². The Balaban J connectivity index is 1.62. The summed E-state index contributed by atoms with van der Waals surface area (Å²) in [5.74, 6) is -0.642. The zero-order valence-corrected chi connectivity index (χ0v) is 24.7. The summed E-state index contributed by atoms with van der Waals surface area (Å²) in [6, 6.07) is 6.31. The van der Waals surface area contributed by atoms with Gasteiger partial charge >= 0.3 is 5.97 Å². The minimum atomic E-state index is -0.646. The van der Waals surface area contributed by atoms with Crippen molar-refractivity contribution in [2.45, 2.75) is 109 Å². The largest absolute Gasteiger partial charge is 0.425 e. The molecule has 1 aliphatic carbocycles. The highest BCUT2D eigenvalue weighted by atomic mass is 17.1. The lowest BCUT2D eigenvalue weighted by molar-refractivity contribution is -0.497. The van der Waals surface area contributed by atoms with Gasteiger partial charge in [0.15, 0.2) is 0 Å². The van der Waals surface area contributed by atoms with Crippen LogP contribution in [0.15, 0.2) is 36.4 Å². The number of hydrogen-bond donors (Lipinski definition) is 5. The van der Waals surface area contributed by atoms with Crippen LogP contribution < -0.4 is 10.1 Å². The van der Waals surface area contributed by atoms with Gasteiger partial charge in [-0.1, -0.05) is 56.9 Å². The van der Waals surface area contributed by atoms with Crippen LogP contribution in [0, 0.1) is 11.8 Å². The molecular formula is C31H48N2O9. The topological polar surface area (TPSA) is 166 Å². The van der Waals surface area contributed by atoms with Gasteiger partial charge in [-0.25, -0.2) is 9.63 Å². The molecule has 4 atom stereocenters. The highest BCUT2D eigenvalue weighted by Crippen LogP contribution is 2.38. The third-order valence-corrected chi connectivity index (χ3v) is 7.59. The average Bonchev–Trinajstić information content (AvgIpc) is 3.22. The molecule has 0 radical (unpaired) electrons. The van der Waals surface area contributed by atoms with E-state index < -0.39 is 23.6 Å². The molecule has 1 aromatic rings. The number of esters is 1. The number of nitrogens with one attached hydrogen (secondary N) is 1. The SMILES string of the molecule is CCCCCCCC(=O)CC[C@@H]1[C@@H](C/C=C\CCCC(=O)NCC(=O)Oc2cccc(CON(O)O)c2)[C@@H](O)C[C@H]1O. The summed E-state index contributed by atoms with van der Waals surface area (Å²) in [4.78, 5) is 41.0. The summed E-state index contributed by atoms with van der Waals surface area (Å²) in [5, 5.41) is 40.2. The maximum Gasteiger partial charge on any atom is 0.330 e. The Morgan fingerprint density at radius 1 is 0.976 bits per heavy atom. The summed E-state index contributed by atoms with van der Waals surface area (Å²) < 4.78 is 5.19. The van der Waals surface area contributed by atoms with Crippen LogP contribution in [-0.4, -0.2) is 62.4 Å². The predicted octanol–water partition coefficient (Wildman–Crippen LogP) is 4.40. The van der Waals surface area contributed by atoms with Crippen molar-refractivity contribution in [3.05, 3.63) is 42.0 Å². The fraction of sp³-hybridized carbons (Fsp3) is 0.645. The van der Waals surface area contributed by atoms with Crippen LogP contribution in [0.3, 0.4) is 0 Å². The van der Waals surface area contributed by atoms with E-state index in [4.69, 9.17) is 15.2 Å². The molecule has 1 fully saturated rings. The zero-order chi connectivity index (χ0) is 30.7. The second kappa shape index (κ2) is 20.3. The Labute approximate surface area is 248 Å². The second-order valence-electron chi connectivity index (χ2n) is 11.0. The molecule has 1 aromatic carbocycles. The minimum Gasteiger partial charge on any atom is -0.425 e. The number of rotatable bonds is 21. The molecule has 0 saturated heterocycles. The predicted molar refractivity (Wildman–Crippen MR) is 154 cm³/mol. The first-order chi connectivity index (χ1) is 20.2. The van der Waals surface area contributed by atoms with Crippen LogP contribution in [0.1, 0.15) is 96.0 Å². The molecule has 5 N–H and O–H groups in total. The number of nitrogens with zero attached hydrogens (tertiary/aromatic N) is 1. The van der Waals surface area contributed by atoms with Gasteiger partial charge in [0.2, 0.25) is 5.91 Å². The number of amides is 1. The number of hydrogen-bond acceptors (Lipinski definition) is 10. The number of ether oxygens (including phenoxy) is 1. The van der Waals surface area contributed by atoms with Crippen molar-refractivity contribution < 1.29 is 44.6 Å². The first-order valence-corrected chi connectivity index (χ1v) is 15.1. The highest BCUT2D eigenvalue weighted by molar-refractivity contribution is 5.82. The smallest absolute Gasteiger partial charge is 0.330 e. The molecule has 0 spiro atoms. The third kappa shape index (κ3) is 14.5. The first kappa shape index (κ1) is 35.5. The molecule has 236 valence electrons. The van der Waals surface area contributed by atoms with Crippen LogP contribution in [0.2, 0.25) is 0 Å². The number of ketones is 1. The second-order valence-corrected chi connectivity index (χ2v) is 11.0. The molecule has 0 aromatic heterocycles.